The van der Waals surface area contributed by atoms with Crippen molar-refractivity contribution in [3.05, 3.63) is 11.6 Å². The van der Waals surface area contributed by atoms with Gasteiger partial charge in [0.2, 0.25) is 6.29 Å². The van der Waals surface area contributed by atoms with Crippen molar-refractivity contribution in [1.29, 1.82) is 0 Å². The Morgan fingerprint density at radius 2 is 1.41 bits per heavy atom. The maximum Gasteiger partial charge on any atom is 0.315 e. The quantitative estimate of drug-likeness (QED) is 0.110. The summed E-state index contributed by atoms with van der Waals surface area (Å²) >= 11 is 0. The number of hydrogen-bond acceptors (Lipinski definition) is 13. The first-order valence-electron chi connectivity index (χ1n) is 20.8. The molecule has 0 aromatic carbocycles. The molecule has 8 N–H and O–H groups in total. The third-order valence-corrected chi connectivity index (χ3v) is 17.0. The van der Waals surface area contributed by atoms with Crippen LogP contribution in [0.25, 0.3) is 0 Å². The lowest BCUT2D eigenvalue weighted by atomic mass is 9.33. The maximum atomic E-state index is 14.6. The first-order valence-corrected chi connectivity index (χ1v) is 20.8. The number of carbonyl (C=O) groups excluding carboxylic acids is 1. The molecule has 0 amide bonds. The number of aliphatic hydroxyl groups excluding tert-OH is 7. The van der Waals surface area contributed by atoms with Crippen LogP contribution >= 0.6 is 0 Å². The van der Waals surface area contributed by atoms with Gasteiger partial charge < -0.3 is 59.8 Å². The highest BCUT2D eigenvalue weighted by molar-refractivity contribution is 5.85. The molecule has 2 heterocycles. The van der Waals surface area contributed by atoms with Gasteiger partial charge in [-0.2, -0.15) is 0 Å². The van der Waals surface area contributed by atoms with Crippen LogP contribution in [0.15, 0.2) is 11.6 Å². The molecule has 0 unspecified atom stereocenters. The summed E-state index contributed by atoms with van der Waals surface area (Å²) < 4.78 is 23.8. The van der Waals surface area contributed by atoms with Crippen LogP contribution in [0.5, 0.6) is 0 Å². The van der Waals surface area contributed by atoms with Crippen LogP contribution in [-0.2, 0) is 28.5 Å². The molecule has 5 aliphatic carbocycles. The second-order valence-corrected chi connectivity index (χ2v) is 20.5. The number of allylic oxidation sites excluding steroid dienone is 1. The molecule has 18 atom stereocenters. The zero-order valence-electron chi connectivity index (χ0n) is 34.0. The van der Waals surface area contributed by atoms with E-state index in [9.17, 15) is 50.4 Å². The zero-order valence-corrected chi connectivity index (χ0v) is 34.0. The summed E-state index contributed by atoms with van der Waals surface area (Å²) in [5, 5.41) is 84.4. The third kappa shape index (κ3) is 6.01. The molecule has 6 fully saturated rings. The van der Waals surface area contributed by atoms with E-state index in [1.807, 2.05) is 0 Å². The molecule has 56 heavy (non-hydrogen) atoms. The van der Waals surface area contributed by atoms with Gasteiger partial charge in [0, 0.05) is 0 Å². The van der Waals surface area contributed by atoms with Crippen LogP contribution in [0, 0.1) is 50.2 Å². The van der Waals surface area contributed by atoms with Crippen LogP contribution in [0.4, 0.5) is 0 Å². The third-order valence-electron chi connectivity index (χ3n) is 17.0. The van der Waals surface area contributed by atoms with Gasteiger partial charge in [-0.05, 0) is 111 Å². The van der Waals surface area contributed by atoms with Crippen molar-refractivity contribution in [2.45, 2.75) is 180 Å². The molecule has 0 radical (unpaired) electrons. The van der Waals surface area contributed by atoms with Gasteiger partial charge in [0.05, 0.1) is 29.6 Å². The molecular weight excluding hydrogens is 728 g/mol. The minimum absolute atomic E-state index is 0.00694. The average molecular weight is 795 g/mol. The fraction of sp³-hybridized carbons (Fsp3) is 0.905. The second-order valence-electron chi connectivity index (χ2n) is 20.5. The van der Waals surface area contributed by atoms with Crippen LogP contribution < -0.4 is 0 Å². The summed E-state index contributed by atoms with van der Waals surface area (Å²) in [5.41, 5.74) is -3.13. The van der Waals surface area contributed by atoms with Crippen molar-refractivity contribution in [3.8, 4) is 0 Å². The molecular formula is C42H66O14. The Morgan fingerprint density at radius 1 is 0.768 bits per heavy atom. The maximum absolute atomic E-state index is 14.6. The van der Waals surface area contributed by atoms with Crippen LogP contribution in [0.1, 0.15) is 113 Å². The van der Waals surface area contributed by atoms with E-state index in [1.165, 1.54) is 0 Å². The Morgan fingerprint density at radius 3 is 2.07 bits per heavy atom. The van der Waals surface area contributed by atoms with E-state index in [1.54, 1.807) is 6.92 Å². The minimum Gasteiger partial charge on any atom is -0.481 e. The molecule has 0 aromatic rings. The number of ether oxygens (including phenoxy) is 4. The SMILES string of the molecule is C[C@H]1O[C@@H](O[C@H]2CC[C@]3(C)[C@H]4CC=C5[C@H]6CC(C)(C)CC[C@]6(C(=O)O[C@@H]6O[C@H](CO)[C@@H](O)[C@H](O)[C@H]6O)CC[C@@]5(C(=O)O)[C@]4(C)CC[C@H]3C2(C)C)[C@H](O)[C@@H](O)[C@@H]1O. The number of carboxylic acid groups (broad SMARTS) is 1. The number of rotatable bonds is 6. The molecule has 2 aliphatic heterocycles. The molecule has 0 bridgehead atoms. The lowest BCUT2D eigenvalue weighted by Gasteiger charge is -2.70. The predicted molar refractivity (Wildman–Crippen MR) is 198 cm³/mol. The van der Waals surface area contributed by atoms with Crippen molar-refractivity contribution in [2.24, 2.45) is 50.2 Å². The Kier molecular flexibility index (Phi) is 10.8. The predicted octanol–water partition coefficient (Wildman–Crippen LogP) is 2.41. The zero-order chi connectivity index (χ0) is 41.1. The smallest absolute Gasteiger partial charge is 0.315 e. The Labute approximate surface area is 329 Å². The number of esters is 1. The van der Waals surface area contributed by atoms with Crippen molar-refractivity contribution in [3.63, 3.8) is 0 Å². The summed E-state index contributed by atoms with van der Waals surface area (Å²) in [4.78, 5) is 28.7. The number of aliphatic carboxylic acids is 1. The van der Waals surface area contributed by atoms with E-state index in [0.717, 1.165) is 18.4 Å². The summed E-state index contributed by atoms with van der Waals surface area (Å²) in [6.07, 6.45) is -6.40. The number of carboxylic acids is 1. The van der Waals surface area contributed by atoms with Gasteiger partial charge in [-0.1, -0.05) is 53.2 Å². The van der Waals surface area contributed by atoms with Gasteiger partial charge in [-0.3, -0.25) is 9.59 Å². The van der Waals surface area contributed by atoms with Gasteiger partial charge >= 0.3 is 11.9 Å². The summed E-state index contributed by atoms with van der Waals surface area (Å²) in [6.45, 7) is 14.1. The van der Waals surface area contributed by atoms with Crippen molar-refractivity contribution < 1.29 is 69.4 Å². The average Bonchev–Trinajstić information content (AvgIpc) is 3.13. The van der Waals surface area contributed by atoms with Crippen LogP contribution in [0.2, 0.25) is 0 Å². The fourth-order valence-electron chi connectivity index (χ4n) is 13.6. The van der Waals surface area contributed by atoms with Gasteiger partial charge in [0.25, 0.3) is 0 Å². The topological polar surface area (TPSA) is 233 Å². The summed E-state index contributed by atoms with van der Waals surface area (Å²) in [7, 11) is 0. The van der Waals surface area contributed by atoms with Crippen LogP contribution in [0.3, 0.4) is 0 Å². The van der Waals surface area contributed by atoms with E-state index in [-0.39, 0.29) is 41.6 Å². The summed E-state index contributed by atoms with van der Waals surface area (Å²) in [6, 6.07) is 0. The Hall–Kier alpha value is -1.72. The number of hydrogen-bond donors (Lipinski definition) is 8. The highest BCUT2D eigenvalue weighted by Crippen LogP contribution is 2.76. The van der Waals surface area contributed by atoms with Gasteiger partial charge in [0.1, 0.15) is 42.7 Å². The lowest BCUT2D eigenvalue weighted by Crippen LogP contribution is -2.68. The van der Waals surface area contributed by atoms with Gasteiger partial charge in [-0.25, -0.2) is 0 Å². The molecule has 7 rings (SSSR count). The molecule has 14 nitrogen and oxygen atoms in total. The normalized spacial score (nSPS) is 52.3. The molecule has 7 aliphatic rings. The van der Waals surface area contributed by atoms with Crippen molar-refractivity contribution >= 4 is 11.9 Å². The standard InChI is InChI=1S/C42H66O14/c1-20-27(44)29(46)31(48)33(53-20)55-26-11-12-39(6)24(38(26,4)5)10-13-40(7)25(39)9-8-21-22-18-37(2,3)14-15-41(22,16-17-42(21,40)35(50)51)36(52)56-34-32(49)30(47)28(45)23(19-43)54-34/h8,20,22-34,43-49H,9-19H2,1-7H3,(H,50,51)/t20-,22-,23-,24+,25-,26+,27-,28-,29+,30+,31-,32-,33+,34+,39+,40-,41+,42-/m1/s1. The largest absolute Gasteiger partial charge is 0.481 e. The highest BCUT2D eigenvalue weighted by atomic mass is 16.7. The Bertz CT molecular complexity index is 1560. The van der Waals surface area contributed by atoms with E-state index in [4.69, 9.17) is 18.9 Å². The summed E-state index contributed by atoms with van der Waals surface area (Å²) in [5.74, 6) is -1.85. The van der Waals surface area contributed by atoms with E-state index >= 15 is 0 Å². The number of fused-ring (bicyclic) bond motifs is 7. The molecule has 4 saturated carbocycles. The van der Waals surface area contributed by atoms with Gasteiger partial charge in [0.15, 0.2) is 6.29 Å². The Balaban J connectivity index is 1.20. The molecule has 318 valence electrons. The monoisotopic (exact) mass is 794 g/mol. The highest BCUT2D eigenvalue weighted by Gasteiger charge is 2.73. The van der Waals surface area contributed by atoms with Crippen molar-refractivity contribution in [1.82, 2.24) is 0 Å². The van der Waals surface area contributed by atoms with E-state index < -0.39 is 108 Å². The number of carbonyl (C=O) groups is 2. The minimum atomic E-state index is -1.74. The molecule has 0 aromatic heterocycles. The molecule has 14 heteroatoms. The second kappa shape index (κ2) is 14.2. The first kappa shape index (κ1) is 42.4. The lowest BCUT2D eigenvalue weighted by molar-refractivity contribution is -0.324. The van der Waals surface area contributed by atoms with Crippen molar-refractivity contribution in [2.75, 3.05) is 6.61 Å². The first-order chi connectivity index (χ1) is 26.0. The van der Waals surface area contributed by atoms with E-state index in [2.05, 4.69) is 47.6 Å². The van der Waals surface area contributed by atoms with E-state index in [0.29, 0.717) is 38.5 Å². The van der Waals surface area contributed by atoms with Crippen LogP contribution in [-0.4, -0.2) is 127 Å². The molecule has 2 saturated heterocycles. The van der Waals surface area contributed by atoms with Gasteiger partial charge in [-0.15, -0.1) is 0 Å². The molecule has 0 spiro atoms. The fourth-order valence-corrected chi connectivity index (χ4v) is 13.6. The number of aliphatic hydroxyl groups is 7.